The van der Waals surface area contributed by atoms with E-state index in [0.29, 0.717) is 18.0 Å². The highest BCUT2D eigenvalue weighted by molar-refractivity contribution is 6.31. The van der Waals surface area contributed by atoms with Gasteiger partial charge in [0.1, 0.15) is 0 Å². The number of amides is 1. The van der Waals surface area contributed by atoms with Gasteiger partial charge in [-0.2, -0.15) is 5.10 Å². The Bertz CT molecular complexity index is 1080. The molecule has 7 heteroatoms. The van der Waals surface area contributed by atoms with Crippen LogP contribution >= 0.6 is 11.6 Å². The Hall–Kier alpha value is -2.67. The van der Waals surface area contributed by atoms with Crippen molar-refractivity contribution in [1.82, 2.24) is 14.7 Å². The van der Waals surface area contributed by atoms with Gasteiger partial charge in [-0.1, -0.05) is 48.0 Å². The molecule has 0 fully saturated rings. The second-order valence-corrected chi connectivity index (χ2v) is 8.28. The molecule has 2 heterocycles. The standard InChI is InChI=1S/C24H26ClN3O3/c1-16-20-6-4-7-21(18-13-26-27(14-18)9-10-29)22(20)12-19(15-30)28(16)24(31)11-17-5-2-3-8-23(17)25/h2-8,13-14,16,19,29-30H,9-12,15H2,1H3/t16-,19+/m0/s1. The maximum atomic E-state index is 13.3. The zero-order valence-electron chi connectivity index (χ0n) is 17.4. The van der Waals surface area contributed by atoms with Crippen molar-refractivity contribution in [2.75, 3.05) is 13.2 Å². The minimum atomic E-state index is -0.314. The van der Waals surface area contributed by atoms with Crippen LogP contribution < -0.4 is 0 Å². The fourth-order valence-electron chi connectivity index (χ4n) is 4.49. The molecule has 1 aromatic heterocycles. The van der Waals surface area contributed by atoms with Crippen LogP contribution in [0.4, 0.5) is 0 Å². The van der Waals surface area contributed by atoms with Gasteiger partial charge in [0.2, 0.25) is 5.91 Å². The first kappa shape index (κ1) is 21.6. The van der Waals surface area contributed by atoms with Crippen molar-refractivity contribution in [2.24, 2.45) is 0 Å². The van der Waals surface area contributed by atoms with Gasteiger partial charge in [0.25, 0.3) is 0 Å². The number of fused-ring (bicyclic) bond motifs is 1. The lowest BCUT2D eigenvalue weighted by Crippen LogP contribution is -2.49. The van der Waals surface area contributed by atoms with Gasteiger partial charge in [-0.05, 0) is 41.7 Å². The lowest BCUT2D eigenvalue weighted by molar-refractivity contribution is -0.137. The van der Waals surface area contributed by atoms with Crippen LogP contribution in [0.2, 0.25) is 5.02 Å². The summed E-state index contributed by atoms with van der Waals surface area (Å²) in [6.07, 6.45) is 4.47. The molecule has 0 spiro atoms. The van der Waals surface area contributed by atoms with Gasteiger partial charge >= 0.3 is 0 Å². The summed E-state index contributed by atoms with van der Waals surface area (Å²) in [4.78, 5) is 15.1. The molecule has 4 rings (SSSR count). The van der Waals surface area contributed by atoms with Crippen LogP contribution in [0.25, 0.3) is 11.1 Å². The number of aliphatic hydroxyl groups is 2. The highest BCUT2D eigenvalue weighted by Gasteiger charge is 2.36. The second-order valence-electron chi connectivity index (χ2n) is 7.87. The fraction of sp³-hybridized carbons (Fsp3) is 0.333. The number of halogens is 1. The summed E-state index contributed by atoms with van der Waals surface area (Å²) in [6.45, 7) is 2.36. The third-order valence-electron chi connectivity index (χ3n) is 5.98. The molecule has 2 aromatic carbocycles. The number of aromatic nitrogens is 2. The summed E-state index contributed by atoms with van der Waals surface area (Å²) >= 11 is 6.26. The van der Waals surface area contributed by atoms with E-state index in [2.05, 4.69) is 5.10 Å². The maximum Gasteiger partial charge on any atom is 0.227 e. The third kappa shape index (κ3) is 4.24. The van der Waals surface area contributed by atoms with Gasteiger partial charge in [-0.25, -0.2) is 0 Å². The summed E-state index contributed by atoms with van der Waals surface area (Å²) in [5.41, 5.74) is 4.99. The normalized spacial score (nSPS) is 18.1. The highest BCUT2D eigenvalue weighted by Crippen LogP contribution is 2.38. The predicted octanol–water partition coefficient (Wildman–Crippen LogP) is 3.25. The molecule has 2 N–H and O–H groups in total. The van der Waals surface area contributed by atoms with Gasteiger partial charge in [0, 0.05) is 16.8 Å². The van der Waals surface area contributed by atoms with Gasteiger partial charge in [-0.3, -0.25) is 9.48 Å². The van der Waals surface area contributed by atoms with Crippen LogP contribution in [-0.4, -0.2) is 50.1 Å². The van der Waals surface area contributed by atoms with E-state index >= 15 is 0 Å². The predicted molar refractivity (Wildman–Crippen MR) is 120 cm³/mol. The van der Waals surface area contributed by atoms with Gasteiger partial charge in [0.05, 0.1) is 44.5 Å². The van der Waals surface area contributed by atoms with Crippen molar-refractivity contribution in [2.45, 2.75) is 38.4 Å². The number of hydrogen-bond donors (Lipinski definition) is 2. The van der Waals surface area contributed by atoms with E-state index in [9.17, 15) is 9.90 Å². The Morgan fingerprint density at radius 3 is 2.74 bits per heavy atom. The second kappa shape index (κ2) is 9.22. The third-order valence-corrected chi connectivity index (χ3v) is 6.35. The molecule has 2 atom stereocenters. The molecule has 0 saturated heterocycles. The Kier molecular flexibility index (Phi) is 6.41. The van der Waals surface area contributed by atoms with E-state index < -0.39 is 0 Å². The topological polar surface area (TPSA) is 78.6 Å². The van der Waals surface area contributed by atoms with E-state index in [-0.39, 0.29) is 37.6 Å². The molecular weight excluding hydrogens is 414 g/mol. The summed E-state index contributed by atoms with van der Waals surface area (Å²) < 4.78 is 1.71. The molecule has 0 bridgehead atoms. The summed E-state index contributed by atoms with van der Waals surface area (Å²) in [5, 5.41) is 24.2. The molecule has 0 saturated carbocycles. The average molecular weight is 440 g/mol. The molecule has 0 aliphatic carbocycles. The zero-order chi connectivity index (χ0) is 22.0. The van der Waals surface area contributed by atoms with Crippen LogP contribution in [0.5, 0.6) is 0 Å². The Balaban J connectivity index is 1.66. The van der Waals surface area contributed by atoms with E-state index in [0.717, 1.165) is 27.8 Å². The molecular formula is C24H26ClN3O3. The number of hydrogen-bond acceptors (Lipinski definition) is 4. The molecule has 1 amide bonds. The molecule has 31 heavy (non-hydrogen) atoms. The van der Waals surface area contributed by atoms with E-state index in [1.807, 2.05) is 49.5 Å². The van der Waals surface area contributed by atoms with Gasteiger partial charge in [-0.15, -0.1) is 0 Å². The van der Waals surface area contributed by atoms with Crippen molar-refractivity contribution in [1.29, 1.82) is 0 Å². The average Bonchev–Trinajstić information content (AvgIpc) is 3.23. The zero-order valence-corrected chi connectivity index (χ0v) is 18.2. The molecule has 3 aromatic rings. The quantitative estimate of drug-likeness (QED) is 0.618. The first-order chi connectivity index (χ1) is 15.0. The minimum Gasteiger partial charge on any atom is -0.394 e. The van der Waals surface area contributed by atoms with Gasteiger partial charge in [0.15, 0.2) is 0 Å². The van der Waals surface area contributed by atoms with E-state index in [4.69, 9.17) is 16.7 Å². The van der Waals surface area contributed by atoms with E-state index in [1.165, 1.54) is 0 Å². The minimum absolute atomic E-state index is 0.0279. The van der Waals surface area contributed by atoms with Crippen molar-refractivity contribution >= 4 is 17.5 Å². The van der Waals surface area contributed by atoms with Crippen LogP contribution in [0, 0.1) is 0 Å². The van der Waals surface area contributed by atoms with Crippen LogP contribution in [0.15, 0.2) is 54.9 Å². The molecule has 0 radical (unpaired) electrons. The lowest BCUT2D eigenvalue weighted by Gasteiger charge is -2.42. The first-order valence-electron chi connectivity index (χ1n) is 10.4. The highest BCUT2D eigenvalue weighted by atomic mass is 35.5. The molecule has 162 valence electrons. The van der Waals surface area contributed by atoms with Crippen molar-refractivity contribution in [3.63, 3.8) is 0 Å². The summed E-state index contributed by atoms with van der Waals surface area (Å²) in [5.74, 6) is -0.0496. The van der Waals surface area contributed by atoms with Crippen LogP contribution in [0.1, 0.15) is 29.7 Å². The number of carbonyl (C=O) groups is 1. The van der Waals surface area contributed by atoms with Crippen molar-refractivity contribution in [3.05, 3.63) is 76.6 Å². The molecule has 1 aliphatic heterocycles. The number of benzene rings is 2. The smallest absolute Gasteiger partial charge is 0.227 e. The lowest BCUT2D eigenvalue weighted by atomic mass is 9.84. The van der Waals surface area contributed by atoms with Gasteiger partial charge < -0.3 is 15.1 Å². The molecule has 6 nitrogen and oxygen atoms in total. The monoisotopic (exact) mass is 439 g/mol. The van der Waals surface area contributed by atoms with E-state index in [1.54, 1.807) is 21.8 Å². The first-order valence-corrected chi connectivity index (χ1v) is 10.8. The summed E-state index contributed by atoms with van der Waals surface area (Å²) in [7, 11) is 0. The SMILES string of the molecule is C[C@H]1c2cccc(-c3cnn(CCO)c3)c2C[C@H](CO)N1C(=O)Cc1ccccc1Cl. The molecule has 0 unspecified atom stereocenters. The number of nitrogens with zero attached hydrogens (tertiary/aromatic N) is 3. The number of carbonyl (C=O) groups excluding carboxylic acids is 1. The van der Waals surface area contributed by atoms with Crippen LogP contribution in [-0.2, 0) is 24.2 Å². The largest absolute Gasteiger partial charge is 0.394 e. The number of aliphatic hydroxyl groups excluding tert-OH is 2. The summed E-state index contributed by atoms with van der Waals surface area (Å²) in [6, 6.07) is 12.9. The Labute approximate surface area is 186 Å². The number of rotatable bonds is 6. The van der Waals surface area contributed by atoms with Crippen molar-refractivity contribution < 1.29 is 15.0 Å². The Morgan fingerprint density at radius 2 is 2.00 bits per heavy atom. The fourth-order valence-corrected chi connectivity index (χ4v) is 4.69. The Morgan fingerprint density at radius 1 is 1.19 bits per heavy atom. The molecule has 1 aliphatic rings. The maximum absolute atomic E-state index is 13.3. The van der Waals surface area contributed by atoms with Crippen LogP contribution in [0.3, 0.4) is 0 Å². The van der Waals surface area contributed by atoms with Crippen molar-refractivity contribution in [3.8, 4) is 11.1 Å².